The molecule has 0 aliphatic rings. The van der Waals surface area contributed by atoms with Crippen LogP contribution in [0.2, 0.25) is 5.02 Å². The third kappa shape index (κ3) is 3.36. The minimum absolute atomic E-state index is 0.0227. The predicted molar refractivity (Wildman–Crippen MR) is 93.6 cm³/mol. The molecule has 3 aromatic rings. The van der Waals surface area contributed by atoms with Crippen LogP contribution in [0.15, 0.2) is 46.9 Å². The lowest BCUT2D eigenvalue weighted by atomic mass is 10.2. The number of halogens is 1. The average Bonchev–Trinajstić information content (AvgIpc) is 3.12. The molecule has 0 unspecified atom stereocenters. The molecule has 0 spiro atoms. The molecule has 0 saturated heterocycles. The van der Waals surface area contributed by atoms with Crippen molar-refractivity contribution in [2.24, 2.45) is 0 Å². The van der Waals surface area contributed by atoms with Crippen molar-refractivity contribution in [3.63, 3.8) is 0 Å². The quantitative estimate of drug-likeness (QED) is 0.771. The summed E-state index contributed by atoms with van der Waals surface area (Å²) in [6, 6.07) is 12.6. The van der Waals surface area contributed by atoms with Gasteiger partial charge in [0.25, 0.3) is 5.91 Å². The van der Waals surface area contributed by atoms with Gasteiger partial charge in [-0.2, -0.15) is 5.10 Å². The standard InChI is InChI=1S/C18H18ClN3O2/c1-11(2)20-18(23)16-10-15(17-8-7-12(3)24-17)21-22(16)14-6-4-5-13(19)9-14/h4-11H,1-3H3,(H,20,23). The second-order valence-electron chi connectivity index (χ2n) is 5.84. The first kappa shape index (κ1) is 16.3. The maximum atomic E-state index is 12.5. The number of rotatable bonds is 4. The smallest absolute Gasteiger partial charge is 0.270 e. The van der Waals surface area contributed by atoms with Crippen molar-refractivity contribution in [3.05, 3.63) is 58.9 Å². The van der Waals surface area contributed by atoms with E-state index in [0.29, 0.717) is 27.9 Å². The maximum absolute atomic E-state index is 12.5. The predicted octanol–water partition coefficient (Wildman–Crippen LogP) is 4.23. The number of carbonyl (C=O) groups is 1. The monoisotopic (exact) mass is 343 g/mol. The van der Waals surface area contributed by atoms with Gasteiger partial charge in [-0.3, -0.25) is 4.79 Å². The molecule has 0 fully saturated rings. The summed E-state index contributed by atoms with van der Waals surface area (Å²) in [6.07, 6.45) is 0. The summed E-state index contributed by atoms with van der Waals surface area (Å²) >= 11 is 6.08. The van der Waals surface area contributed by atoms with Crippen LogP contribution in [0.3, 0.4) is 0 Å². The molecule has 0 radical (unpaired) electrons. The van der Waals surface area contributed by atoms with Gasteiger partial charge in [0.05, 0.1) is 5.69 Å². The molecule has 24 heavy (non-hydrogen) atoms. The van der Waals surface area contributed by atoms with E-state index in [1.54, 1.807) is 22.9 Å². The first-order valence-corrected chi connectivity index (χ1v) is 8.05. The highest BCUT2D eigenvalue weighted by atomic mass is 35.5. The Balaban J connectivity index is 2.11. The average molecular weight is 344 g/mol. The van der Waals surface area contributed by atoms with Crippen molar-refractivity contribution >= 4 is 17.5 Å². The van der Waals surface area contributed by atoms with Gasteiger partial charge in [0.15, 0.2) is 5.76 Å². The summed E-state index contributed by atoms with van der Waals surface area (Å²) in [7, 11) is 0. The second-order valence-corrected chi connectivity index (χ2v) is 6.28. The van der Waals surface area contributed by atoms with Crippen LogP contribution in [0.4, 0.5) is 0 Å². The zero-order chi connectivity index (χ0) is 17.3. The van der Waals surface area contributed by atoms with Crippen molar-refractivity contribution in [1.29, 1.82) is 0 Å². The zero-order valence-electron chi connectivity index (χ0n) is 13.7. The Morgan fingerprint density at radius 1 is 1.25 bits per heavy atom. The van der Waals surface area contributed by atoms with Crippen LogP contribution >= 0.6 is 11.6 Å². The highest BCUT2D eigenvalue weighted by Gasteiger charge is 2.19. The fraction of sp³-hybridized carbons (Fsp3) is 0.222. The van der Waals surface area contributed by atoms with Gasteiger partial charge < -0.3 is 9.73 Å². The summed E-state index contributed by atoms with van der Waals surface area (Å²) in [4.78, 5) is 12.5. The molecule has 1 N–H and O–H groups in total. The SMILES string of the molecule is Cc1ccc(-c2cc(C(=O)NC(C)C)n(-c3cccc(Cl)c3)n2)o1. The first-order valence-electron chi connectivity index (χ1n) is 7.67. The van der Waals surface area contributed by atoms with Crippen LogP contribution in [0.1, 0.15) is 30.1 Å². The minimum Gasteiger partial charge on any atom is -0.460 e. The summed E-state index contributed by atoms with van der Waals surface area (Å²) in [5.74, 6) is 1.20. The molecular weight excluding hydrogens is 326 g/mol. The molecule has 0 atom stereocenters. The number of aromatic nitrogens is 2. The molecule has 2 heterocycles. The molecule has 3 rings (SSSR count). The van der Waals surface area contributed by atoms with Crippen molar-refractivity contribution in [1.82, 2.24) is 15.1 Å². The Kier molecular flexibility index (Phi) is 4.44. The molecule has 0 aliphatic carbocycles. The first-order chi connectivity index (χ1) is 11.4. The third-order valence-corrected chi connectivity index (χ3v) is 3.64. The van der Waals surface area contributed by atoms with Crippen LogP contribution in [-0.2, 0) is 0 Å². The summed E-state index contributed by atoms with van der Waals surface area (Å²) in [5.41, 5.74) is 1.73. The van der Waals surface area contributed by atoms with Crippen molar-refractivity contribution < 1.29 is 9.21 Å². The highest BCUT2D eigenvalue weighted by molar-refractivity contribution is 6.30. The van der Waals surface area contributed by atoms with Gasteiger partial charge in [0, 0.05) is 17.1 Å². The van der Waals surface area contributed by atoms with Gasteiger partial charge in [0.2, 0.25) is 0 Å². The van der Waals surface area contributed by atoms with Gasteiger partial charge >= 0.3 is 0 Å². The van der Waals surface area contributed by atoms with Crippen LogP contribution in [-0.4, -0.2) is 21.7 Å². The minimum atomic E-state index is -0.202. The Bertz CT molecular complexity index is 880. The summed E-state index contributed by atoms with van der Waals surface area (Å²) in [5, 5.41) is 8.00. The third-order valence-electron chi connectivity index (χ3n) is 3.41. The molecule has 1 aromatic carbocycles. The van der Waals surface area contributed by atoms with E-state index in [-0.39, 0.29) is 11.9 Å². The van der Waals surface area contributed by atoms with E-state index in [4.69, 9.17) is 16.0 Å². The topological polar surface area (TPSA) is 60.1 Å². The molecule has 0 aliphatic heterocycles. The fourth-order valence-corrected chi connectivity index (χ4v) is 2.56. The molecule has 0 bridgehead atoms. The molecular formula is C18H18ClN3O2. The number of furan rings is 1. The van der Waals surface area contributed by atoms with Gasteiger partial charge in [-0.05, 0) is 51.1 Å². The molecule has 5 nitrogen and oxygen atoms in total. The normalized spacial score (nSPS) is 11.0. The summed E-state index contributed by atoms with van der Waals surface area (Å²) in [6.45, 7) is 5.69. The molecule has 6 heteroatoms. The lowest BCUT2D eigenvalue weighted by Gasteiger charge is -2.10. The largest absolute Gasteiger partial charge is 0.460 e. The van der Waals surface area contributed by atoms with Crippen molar-refractivity contribution in [2.75, 3.05) is 0 Å². The fourth-order valence-electron chi connectivity index (χ4n) is 2.38. The lowest BCUT2D eigenvalue weighted by Crippen LogP contribution is -2.31. The van der Waals surface area contributed by atoms with Gasteiger partial charge in [0.1, 0.15) is 17.1 Å². The van der Waals surface area contributed by atoms with Crippen LogP contribution in [0.25, 0.3) is 17.1 Å². The van der Waals surface area contributed by atoms with E-state index in [0.717, 1.165) is 5.76 Å². The number of benzene rings is 1. The van der Waals surface area contributed by atoms with Crippen molar-refractivity contribution in [3.8, 4) is 17.1 Å². The number of hydrogen-bond acceptors (Lipinski definition) is 3. The van der Waals surface area contributed by atoms with E-state index in [1.165, 1.54) is 0 Å². The lowest BCUT2D eigenvalue weighted by molar-refractivity contribution is 0.0935. The molecule has 2 aromatic heterocycles. The Labute approximate surface area is 145 Å². The Hall–Kier alpha value is -2.53. The van der Waals surface area contributed by atoms with Crippen LogP contribution in [0, 0.1) is 6.92 Å². The van der Waals surface area contributed by atoms with Gasteiger partial charge in [-0.1, -0.05) is 17.7 Å². The van der Waals surface area contributed by atoms with E-state index >= 15 is 0 Å². The van der Waals surface area contributed by atoms with E-state index in [2.05, 4.69) is 10.4 Å². The van der Waals surface area contributed by atoms with Crippen molar-refractivity contribution in [2.45, 2.75) is 26.8 Å². The van der Waals surface area contributed by atoms with Gasteiger partial charge in [-0.25, -0.2) is 4.68 Å². The highest BCUT2D eigenvalue weighted by Crippen LogP contribution is 2.24. The Morgan fingerprint density at radius 3 is 2.67 bits per heavy atom. The van der Waals surface area contributed by atoms with Crippen LogP contribution < -0.4 is 5.32 Å². The zero-order valence-corrected chi connectivity index (χ0v) is 14.5. The maximum Gasteiger partial charge on any atom is 0.270 e. The number of nitrogens with one attached hydrogen (secondary N) is 1. The number of carbonyl (C=O) groups excluding carboxylic acids is 1. The number of nitrogens with zero attached hydrogens (tertiary/aromatic N) is 2. The Morgan fingerprint density at radius 2 is 2.04 bits per heavy atom. The second kappa shape index (κ2) is 6.53. The number of aryl methyl sites for hydroxylation is 1. The van der Waals surface area contributed by atoms with Gasteiger partial charge in [-0.15, -0.1) is 0 Å². The van der Waals surface area contributed by atoms with E-state index < -0.39 is 0 Å². The molecule has 0 saturated carbocycles. The van der Waals surface area contributed by atoms with E-state index in [9.17, 15) is 4.79 Å². The molecule has 1 amide bonds. The van der Waals surface area contributed by atoms with Crippen LogP contribution in [0.5, 0.6) is 0 Å². The summed E-state index contributed by atoms with van der Waals surface area (Å²) < 4.78 is 7.20. The van der Waals surface area contributed by atoms with E-state index in [1.807, 2.05) is 45.0 Å². The molecule has 124 valence electrons. The number of hydrogen-bond donors (Lipinski definition) is 1. The number of amides is 1.